The Hall–Kier alpha value is -3.54. The molecule has 1 aromatic heterocycles. The number of aromatic nitrogens is 1. The number of hydrogen-bond acceptors (Lipinski definition) is 4. The van der Waals surface area contributed by atoms with Crippen LogP contribution in [0.5, 0.6) is 5.75 Å². The molecule has 0 fully saturated rings. The zero-order valence-electron chi connectivity index (χ0n) is 17.1. The highest BCUT2D eigenvalue weighted by atomic mass is 19.1. The summed E-state index contributed by atoms with van der Waals surface area (Å²) in [5, 5.41) is 0. The van der Waals surface area contributed by atoms with Gasteiger partial charge in [0.15, 0.2) is 0 Å². The molecule has 2 bridgehead atoms. The highest BCUT2D eigenvalue weighted by molar-refractivity contribution is 6.12. The van der Waals surface area contributed by atoms with Gasteiger partial charge in [0.1, 0.15) is 17.4 Å². The van der Waals surface area contributed by atoms with Gasteiger partial charge in [-0.2, -0.15) is 4.99 Å². The second-order valence-electron chi connectivity index (χ2n) is 7.77. The summed E-state index contributed by atoms with van der Waals surface area (Å²) in [5.41, 5.74) is 3.97. The summed E-state index contributed by atoms with van der Waals surface area (Å²) in [6.07, 6.45) is 4.97. The van der Waals surface area contributed by atoms with Crippen LogP contribution >= 0.6 is 0 Å². The second-order valence-corrected chi connectivity index (χ2v) is 7.77. The molecule has 0 saturated heterocycles. The molecule has 0 aliphatic carbocycles. The maximum absolute atomic E-state index is 13.8. The average Bonchev–Trinajstić information content (AvgIpc) is 3.12. The van der Waals surface area contributed by atoms with Crippen LogP contribution < -0.4 is 9.64 Å². The topological polar surface area (TPSA) is 54.8 Å². The number of pyridine rings is 1. The van der Waals surface area contributed by atoms with Crippen LogP contribution in [0, 0.1) is 5.82 Å². The fraction of sp³-hybridized carbons (Fsp3) is 0.240. The highest BCUT2D eigenvalue weighted by Crippen LogP contribution is 2.32. The monoisotopic (exact) mass is 415 g/mol. The first-order valence-corrected chi connectivity index (χ1v) is 10.6. The molecule has 156 valence electrons. The Bertz CT molecular complexity index is 1170. The predicted octanol–water partition coefficient (Wildman–Crippen LogP) is 5.05. The van der Waals surface area contributed by atoms with Crippen LogP contribution in [0.25, 0.3) is 11.3 Å². The lowest BCUT2D eigenvalue weighted by Gasteiger charge is -2.20. The molecule has 6 heteroatoms. The van der Waals surface area contributed by atoms with Gasteiger partial charge in [0, 0.05) is 42.0 Å². The summed E-state index contributed by atoms with van der Waals surface area (Å²) in [5.74, 6) is 0.538. The molecular formula is C25H22FN3O2. The van der Waals surface area contributed by atoms with E-state index in [9.17, 15) is 9.18 Å². The van der Waals surface area contributed by atoms with Gasteiger partial charge in [0.2, 0.25) is 0 Å². The van der Waals surface area contributed by atoms with E-state index in [1.807, 2.05) is 12.1 Å². The lowest BCUT2D eigenvalue weighted by molar-refractivity contribution is 0.100. The van der Waals surface area contributed by atoms with Crippen molar-refractivity contribution in [2.24, 2.45) is 4.99 Å². The third kappa shape index (κ3) is 3.93. The molecule has 5 rings (SSSR count). The lowest BCUT2D eigenvalue weighted by Crippen LogP contribution is -2.29. The Kier molecular flexibility index (Phi) is 5.20. The number of rotatable bonds is 0. The van der Waals surface area contributed by atoms with E-state index in [-0.39, 0.29) is 11.7 Å². The van der Waals surface area contributed by atoms with Crippen LogP contribution in [0.3, 0.4) is 0 Å². The van der Waals surface area contributed by atoms with Crippen LogP contribution in [-0.4, -0.2) is 29.9 Å². The Balaban J connectivity index is 1.56. The van der Waals surface area contributed by atoms with Gasteiger partial charge in [0.25, 0.3) is 5.91 Å². The third-order valence-corrected chi connectivity index (χ3v) is 5.68. The van der Waals surface area contributed by atoms with Gasteiger partial charge in [-0.25, -0.2) is 4.39 Å². The summed E-state index contributed by atoms with van der Waals surface area (Å²) in [7, 11) is 0. The highest BCUT2D eigenvalue weighted by Gasteiger charge is 2.26. The Labute approximate surface area is 180 Å². The van der Waals surface area contributed by atoms with E-state index in [1.165, 1.54) is 17.7 Å². The Morgan fingerprint density at radius 2 is 1.90 bits per heavy atom. The summed E-state index contributed by atoms with van der Waals surface area (Å²) < 4.78 is 19.7. The number of amides is 1. The Morgan fingerprint density at radius 3 is 2.84 bits per heavy atom. The van der Waals surface area contributed by atoms with E-state index >= 15 is 0 Å². The van der Waals surface area contributed by atoms with E-state index in [0.29, 0.717) is 35.6 Å². The minimum atomic E-state index is -0.366. The number of carbonyl (C=O) groups excluding carboxylic acids is 1. The third-order valence-electron chi connectivity index (χ3n) is 5.68. The van der Waals surface area contributed by atoms with Crippen molar-refractivity contribution in [2.75, 3.05) is 18.1 Å². The maximum atomic E-state index is 13.8. The van der Waals surface area contributed by atoms with Gasteiger partial charge < -0.3 is 9.64 Å². The molecule has 2 aliphatic rings. The number of fused-ring (bicyclic) bond motifs is 7. The lowest BCUT2D eigenvalue weighted by atomic mass is 10.1. The zero-order valence-corrected chi connectivity index (χ0v) is 17.1. The van der Waals surface area contributed by atoms with Crippen molar-refractivity contribution in [3.8, 4) is 17.0 Å². The first-order valence-electron chi connectivity index (χ1n) is 10.6. The van der Waals surface area contributed by atoms with Gasteiger partial charge in [-0.15, -0.1) is 0 Å². The number of nitrogens with zero attached hydrogens (tertiary/aromatic N) is 3. The molecule has 0 saturated carbocycles. The fourth-order valence-corrected chi connectivity index (χ4v) is 4.13. The molecule has 0 atom stereocenters. The molecular weight excluding hydrogens is 393 g/mol. The first kappa shape index (κ1) is 19.4. The van der Waals surface area contributed by atoms with Crippen molar-refractivity contribution < 1.29 is 13.9 Å². The van der Waals surface area contributed by atoms with Gasteiger partial charge >= 0.3 is 0 Å². The Morgan fingerprint density at radius 1 is 1.00 bits per heavy atom. The van der Waals surface area contributed by atoms with E-state index in [1.54, 1.807) is 24.4 Å². The molecule has 0 unspecified atom stereocenters. The fourth-order valence-electron chi connectivity index (χ4n) is 4.13. The second kappa shape index (κ2) is 8.30. The molecule has 2 aliphatic heterocycles. The summed E-state index contributed by atoms with van der Waals surface area (Å²) in [6.45, 7) is 1.28. The standard InChI is InChI=1S/C25H22FN3O2/c26-19-8-9-20-21-14-18(10-11-27-21)25(30)28-24-15-17-6-2-3-7-22(17)29(24)12-4-1-5-13-31-23(20)16-19/h2-3,6-11,14,16H,1,4-5,12-13,15H2. The number of benzene rings is 2. The predicted molar refractivity (Wildman–Crippen MR) is 118 cm³/mol. The van der Waals surface area contributed by atoms with Gasteiger partial charge in [-0.1, -0.05) is 18.2 Å². The summed E-state index contributed by atoms with van der Waals surface area (Å²) in [6, 6.07) is 15.9. The number of amidine groups is 1. The maximum Gasteiger partial charge on any atom is 0.278 e. The van der Waals surface area contributed by atoms with Crippen LogP contribution in [0.2, 0.25) is 0 Å². The number of hydrogen-bond donors (Lipinski definition) is 0. The largest absolute Gasteiger partial charge is 0.493 e. The number of anilines is 1. The molecule has 2 aromatic carbocycles. The SMILES string of the molecule is O=C1N=C2Cc3ccccc3N2CCCCCOc2cc(F)ccc2-c2cc1ccn2. The number of carbonyl (C=O) groups is 1. The van der Waals surface area contributed by atoms with Gasteiger partial charge in [0.05, 0.1) is 12.3 Å². The number of para-hydroxylation sites is 1. The van der Waals surface area contributed by atoms with Crippen LogP contribution in [0.1, 0.15) is 35.2 Å². The molecule has 0 N–H and O–H groups in total. The molecule has 0 radical (unpaired) electrons. The first-order chi connectivity index (χ1) is 15.2. The number of aliphatic imine (C=N–C) groups is 1. The van der Waals surface area contributed by atoms with Crippen molar-refractivity contribution in [1.29, 1.82) is 0 Å². The van der Waals surface area contributed by atoms with Crippen molar-refractivity contribution in [1.82, 2.24) is 4.98 Å². The van der Waals surface area contributed by atoms with Crippen molar-refractivity contribution in [2.45, 2.75) is 25.7 Å². The molecule has 1 amide bonds. The summed E-state index contributed by atoms with van der Waals surface area (Å²) in [4.78, 5) is 24.1. The van der Waals surface area contributed by atoms with E-state index in [0.717, 1.165) is 37.3 Å². The molecule has 31 heavy (non-hydrogen) atoms. The summed E-state index contributed by atoms with van der Waals surface area (Å²) >= 11 is 0. The smallest absolute Gasteiger partial charge is 0.278 e. The van der Waals surface area contributed by atoms with Crippen LogP contribution in [0.4, 0.5) is 10.1 Å². The van der Waals surface area contributed by atoms with E-state index in [4.69, 9.17) is 4.74 Å². The number of ether oxygens (including phenoxy) is 1. The molecule has 0 spiro atoms. The van der Waals surface area contributed by atoms with Gasteiger partial charge in [-0.05, 0) is 55.2 Å². The minimum absolute atomic E-state index is 0.309. The van der Waals surface area contributed by atoms with Crippen LogP contribution in [-0.2, 0) is 6.42 Å². The van der Waals surface area contributed by atoms with Crippen molar-refractivity contribution >= 4 is 17.4 Å². The molecule has 3 aromatic rings. The molecule has 5 nitrogen and oxygen atoms in total. The van der Waals surface area contributed by atoms with E-state index < -0.39 is 0 Å². The van der Waals surface area contributed by atoms with Gasteiger partial charge in [-0.3, -0.25) is 9.78 Å². The van der Waals surface area contributed by atoms with E-state index in [2.05, 4.69) is 27.0 Å². The molecule has 3 heterocycles. The average molecular weight is 415 g/mol. The zero-order chi connectivity index (χ0) is 21.2. The normalized spacial score (nSPS) is 16.2. The van der Waals surface area contributed by atoms with Crippen molar-refractivity contribution in [3.05, 3.63) is 77.7 Å². The van der Waals surface area contributed by atoms with Crippen molar-refractivity contribution in [3.63, 3.8) is 0 Å². The number of halogens is 1. The quantitative estimate of drug-likeness (QED) is 0.516. The van der Waals surface area contributed by atoms with Crippen LogP contribution in [0.15, 0.2) is 65.8 Å². The minimum Gasteiger partial charge on any atom is -0.493 e.